The van der Waals surface area contributed by atoms with Crippen molar-refractivity contribution in [3.63, 3.8) is 0 Å². The molecule has 0 amide bonds. The second kappa shape index (κ2) is 7.98. The average molecular weight is 432 g/mol. The van der Waals surface area contributed by atoms with Gasteiger partial charge in [0.2, 0.25) is 0 Å². The third-order valence-corrected chi connectivity index (χ3v) is 7.28. The number of piperidine rings is 1. The molecule has 1 saturated heterocycles. The zero-order chi connectivity index (χ0) is 20.6. The zero-order valence-electron chi connectivity index (χ0n) is 17.4. The van der Waals surface area contributed by atoms with Crippen molar-refractivity contribution < 1.29 is 4.74 Å². The van der Waals surface area contributed by atoms with E-state index in [0.29, 0.717) is 0 Å². The molecule has 2 N–H and O–H groups in total. The predicted octanol–water partition coefficient (Wildman–Crippen LogP) is 5.58. The number of fused-ring (bicyclic) bond motifs is 4. The standard InChI is InChI=1S/C24H25N5OS/c1-4-11-29(12-5-1)13-6-14-30-16-9-10-18-19(15-16)26-24(25-18)22-23-21(27-28-22)17-7-2-3-8-20(17)31-23/h2-3,7-10,15H,1,4-6,11-14H2,(H,25,26)(H,27,28). The minimum atomic E-state index is 0.737. The summed E-state index contributed by atoms with van der Waals surface area (Å²) < 4.78 is 8.40. The topological polar surface area (TPSA) is 69.8 Å². The Hall–Kier alpha value is -2.90. The fourth-order valence-corrected chi connectivity index (χ4v) is 5.64. The number of H-pyrrole nitrogens is 2. The van der Waals surface area contributed by atoms with Crippen molar-refractivity contribution in [3.05, 3.63) is 42.5 Å². The molecular formula is C24H25N5OS. The van der Waals surface area contributed by atoms with Gasteiger partial charge >= 0.3 is 0 Å². The van der Waals surface area contributed by atoms with Crippen molar-refractivity contribution in [1.82, 2.24) is 25.1 Å². The molecule has 158 valence electrons. The van der Waals surface area contributed by atoms with Gasteiger partial charge in [-0.1, -0.05) is 24.6 Å². The number of imidazole rings is 1. The van der Waals surface area contributed by atoms with Crippen molar-refractivity contribution in [2.24, 2.45) is 0 Å². The number of hydrogen-bond donors (Lipinski definition) is 2. The third kappa shape index (κ3) is 3.58. The number of thiophene rings is 1. The smallest absolute Gasteiger partial charge is 0.160 e. The fraction of sp³-hybridized carbons (Fsp3) is 0.333. The Morgan fingerprint density at radius 3 is 2.90 bits per heavy atom. The monoisotopic (exact) mass is 431 g/mol. The quantitative estimate of drug-likeness (QED) is 0.345. The highest BCUT2D eigenvalue weighted by Gasteiger charge is 2.17. The van der Waals surface area contributed by atoms with Gasteiger partial charge in [0.15, 0.2) is 5.82 Å². The van der Waals surface area contributed by atoms with Crippen LogP contribution in [0.5, 0.6) is 5.75 Å². The van der Waals surface area contributed by atoms with Crippen molar-refractivity contribution >= 4 is 42.7 Å². The highest BCUT2D eigenvalue weighted by molar-refractivity contribution is 7.26. The number of nitrogens with one attached hydrogen (secondary N) is 2. The molecule has 31 heavy (non-hydrogen) atoms. The minimum Gasteiger partial charge on any atom is -0.493 e. The van der Waals surface area contributed by atoms with E-state index < -0.39 is 0 Å². The number of nitrogens with zero attached hydrogens (tertiary/aromatic N) is 3. The average Bonchev–Trinajstić information content (AvgIpc) is 3.50. The Morgan fingerprint density at radius 1 is 1.06 bits per heavy atom. The summed E-state index contributed by atoms with van der Waals surface area (Å²) in [6.07, 6.45) is 5.11. The molecule has 0 bridgehead atoms. The van der Waals surface area contributed by atoms with E-state index in [2.05, 4.69) is 44.3 Å². The second-order valence-electron chi connectivity index (χ2n) is 8.24. The SMILES string of the molecule is c1ccc2c(c1)sc1c(-c3nc4cc(OCCCN5CCCCC5)ccc4[nH]3)n[nH]c12. The van der Waals surface area contributed by atoms with Crippen LogP contribution < -0.4 is 4.74 Å². The fourth-order valence-electron chi connectivity index (χ4n) is 4.50. The number of aromatic nitrogens is 4. The molecule has 4 heterocycles. The number of aromatic amines is 2. The van der Waals surface area contributed by atoms with E-state index in [0.717, 1.165) is 58.1 Å². The first-order valence-corrected chi connectivity index (χ1v) is 11.9. The molecule has 2 aromatic carbocycles. The van der Waals surface area contributed by atoms with Crippen LogP contribution in [0.15, 0.2) is 42.5 Å². The Balaban J connectivity index is 1.20. The Labute approximate surface area is 184 Å². The van der Waals surface area contributed by atoms with E-state index in [4.69, 9.17) is 9.72 Å². The lowest BCUT2D eigenvalue weighted by molar-refractivity contribution is 0.205. The number of likely N-dealkylation sites (tertiary alicyclic amines) is 1. The maximum absolute atomic E-state index is 6.01. The molecule has 1 fully saturated rings. The molecule has 6 rings (SSSR count). The van der Waals surface area contributed by atoms with Gasteiger partial charge in [0.25, 0.3) is 0 Å². The number of benzene rings is 2. The summed E-state index contributed by atoms with van der Waals surface area (Å²) >= 11 is 1.75. The summed E-state index contributed by atoms with van der Waals surface area (Å²) in [4.78, 5) is 10.8. The lowest BCUT2D eigenvalue weighted by atomic mass is 10.1. The first kappa shape index (κ1) is 18.8. The van der Waals surface area contributed by atoms with Crippen LogP contribution in [0.1, 0.15) is 25.7 Å². The van der Waals surface area contributed by atoms with Gasteiger partial charge < -0.3 is 14.6 Å². The van der Waals surface area contributed by atoms with E-state index in [1.807, 2.05) is 18.2 Å². The predicted molar refractivity (Wildman–Crippen MR) is 127 cm³/mol. The van der Waals surface area contributed by atoms with Crippen LogP contribution in [0.3, 0.4) is 0 Å². The molecule has 1 aliphatic heterocycles. The van der Waals surface area contributed by atoms with Crippen LogP contribution in [-0.4, -0.2) is 51.3 Å². The lowest BCUT2D eigenvalue weighted by Gasteiger charge is -2.26. The van der Waals surface area contributed by atoms with Crippen molar-refractivity contribution in [2.75, 3.05) is 26.2 Å². The molecule has 5 aromatic rings. The Morgan fingerprint density at radius 2 is 1.97 bits per heavy atom. The normalized spacial score (nSPS) is 15.4. The summed E-state index contributed by atoms with van der Waals surface area (Å²) in [6, 6.07) is 14.5. The van der Waals surface area contributed by atoms with Crippen LogP contribution in [-0.2, 0) is 0 Å². The van der Waals surface area contributed by atoms with Crippen LogP contribution in [0.4, 0.5) is 0 Å². The Kier molecular flexibility index (Phi) is 4.85. The van der Waals surface area contributed by atoms with Crippen molar-refractivity contribution in [3.8, 4) is 17.3 Å². The summed E-state index contributed by atoms with van der Waals surface area (Å²) in [5, 5.41) is 8.96. The van der Waals surface area contributed by atoms with Gasteiger partial charge in [0.1, 0.15) is 11.4 Å². The van der Waals surface area contributed by atoms with Crippen LogP contribution >= 0.6 is 11.3 Å². The number of rotatable bonds is 6. The largest absolute Gasteiger partial charge is 0.493 e. The van der Waals surface area contributed by atoms with Crippen LogP contribution in [0.25, 0.3) is 42.9 Å². The molecule has 0 atom stereocenters. The molecule has 6 nitrogen and oxygen atoms in total. The summed E-state index contributed by atoms with van der Waals surface area (Å²) in [5.41, 5.74) is 3.85. The minimum absolute atomic E-state index is 0.737. The van der Waals surface area contributed by atoms with Gasteiger partial charge in [0.05, 0.1) is 27.9 Å². The molecule has 7 heteroatoms. The first-order chi connectivity index (χ1) is 15.3. The molecule has 0 unspecified atom stereocenters. The highest BCUT2D eigenvalue weighted by atomic mass is 32.1. The van der Waals surface area contributed by atoms with Crippen molar-refractivity contribution in [1.29, 1.82) is 0 Å². The first-order valence-electron chi connectivity index (χ1n) is 11.1. The van der Waals surface area contributed by atoms with E-state index in [-0.39, 0.29) is 0 Å². The summed E-state index contributed by atoms with van der Waals surface area (Å²) in [7, 11) is 0. The van der Waals surface area contributed by atoms with E-state index in [9.17, 15) is 0 Å². The van der Waals surface area contributed by atoms with E-state index >= 15 is 0 Å². The van der Waals surface area contributed by atoms with Gasteiger partial charge in [0, 0.05) is 22.7 Å². The van der Waals surface area contributed by atoms with E-state index in [1.165, 1.54) is 42.4 Å². The molecular weight excluding hydrogens is 406 g/mol. The molecule has 0 saturated carbocycles. The maximum Gasteiger partial charge on any atom is 0.160 e. The van der Waals surface area contributed by atoms with Gasteiger partial charge in [-0.3, -0.25) is 5.10 Å². The van der Waals surface area contributed by atoms with Crippen LogP contribution in [0.2, 0.25) is 0 Å². The second-order valence-corrected chi connectivity index (χ2v) is 9.30. The molecule has 0 radical (unpaired) electrons. The highest BCUT2D eigenvalue weighted by Crippen LogP contribution is 2.37. The lowest BCUT2D eigenvalue weighted by Crippen LogP contribution is -2.31. The number of hydrogen-bond acceptors (Lipinski definition) is 5. The zero-order valence-corrected chi connectivity index (χ0v) is 18.2. The van der Waals surface area contributed by atoms with Gasteiger partial charge in [-0.25, -0.2) is 4.98 Å². The van der Waals surface area contributed by atoms with Crippen molar-refractivity contribution in [2.45, 2.75) is 25.7 Å². The van der Waals surface area contributed by atoms with Gasteiger partial charge in [-0.15, -0.1) is 11.3 Å². The third-order valence-electron chi connectivity index (χ3n) is 6.10. The number of ether oxygens (including phenoxy) is 1. The van der Waals surface area contributed by atoms with Gasteiger partial charge in [-0.2, -0.15) is 5.10 Å². The maximum atomic E-state index is 6.01. The molecule has 0 aliphatic carbocycles. The van der Waals surface area contributed by atoms with Gasteiger partial charge in [-0.05, 0) is 50.6 Å². The summed E-state index contributed by atoms with van der Waals surface area (Å²) in [5.74, 6) is 1.66. The van der Waals surface area contributed by atoms with Crippen LogP contribution in [0, 0.1) is 0 Å². The van der Waals surface area contributed by atoms with E-state index in [1.54, 1.807) is 11.3 Å². The molecule has 1 aliphatic rings. The molecule has 0 spiro atoms. The Bertz CT molecular complexity index is 1340. The summed E-state index contributed by atoms with van der Waals surface area (Å²) in [6.45, 7) is 4.34. The molecule has 3 aromatic heterocycles.